The number of alkyl halides is 3. The van der Waals surface area contributed by atoms with Gasteiger partial charge in [-0.2, -0.15) is 13.2 Å². The minimum atomic E-state index is -4.17. The number of furan rings is 1. The topological polar surface area (TPSA) is 25.2 Å². The van der Waals surface area contributed by atoms with Crippen molar-refractivity contribution in [2.45, 2.75) is 31.0 Å². The molecule has 0 aliphatic carbocycles. The molecule has 1 aromatic heterocycles. The van der Waals surface area contributed by atoms with E-state index in [9.17, 15) is 13.2 Å². The van der Waals surface area contributed by atoms with Crippen molar-refractivity contribution in [3.8, 4) is 0 Å². The summed E-state index contributed by atoms with van der Waals surface area (Å²) in [4.78, 5) is 0.581. The lowest BCUT2D eigenvalue weighted by atomic mass is 10.3. The maximum absolute atomic E-state index is 12.3. The van der Waals surface area contributed by atoms with Crippen LogP contribution < -0.4 is 5.32 Å². The highest BCUT2D eigenvalue weighted by molar-refractivity contribution is 7.99. The van der Waals surface area contributed by atoms with Crippen LogP contribution in [0.3, 0.4) is 0 Å². The van der Waals surface area contributed by atoms with Gasteiger partial charge in [0.25, 0.3) is 0 Å². The van der Waals surface area contributed by atoms with Gasteiger partial charge in [0, 0.05) is 17.0 Å². The summed E-state index contributed by atoms with van der Waals surface area (Å²) in [5.74, 6) is 0.765. The smallest absolute Gasteiger partial charge is 0.398 e. The van der Waals surface area contributed by atoms with Crippen molar-refractivity contribution in [1.82, 2.24) is 0 Å². The highest BCUT2D eigenvalue weighted by atomic mass is 32.2. The molecule has 2 aromatic rings. The normalized spacial score (nSPS) is 11.6. The van der Waals surface area contributed by atoms with E-state index in [1.807, 2.05) is 19.1 Å². The summed E-state index contributed by atoms with van der Waals surface area (Å²) < 4.78 is 42.5. The van der Waals surface area contributed by atoms with Gasteiger partial charge in [0.05, 0.1) is 12.3 Å². The largest absolute Gasteiger partial charge is 0.464 e. The van der Waals surface area contributed by atoms with Crippen LogP contribution in [0.4, 0.5) is 18.9 Å². The van der Waals surface area contributed by atoms with Crippen molar-refractivity contribution in [2.75, 3.05) is 11.1 Å². The summed E-state index contributed by atoms with van der Waals surface area (Å²) in [6, 6.07) is 10.7. The maximum Gasteiger partial charge on any atom is 0.398 e. The SMILES string of the molecule is CCc1ccc(CNc2ccccc2SCC(F)(F)F)o1. The molecular formula is C15H16F3NOS. The first-order chi connectivity index (χ1) is 9.98. The lowest BCUT2D eigenvalue weighted by molar-refractivity contribution is -0.105. The molecule has 1 aromatic carbocycles. The predicted octanol–water partition coefficient (Wildman–Crippen LogP) is 5.11. The van der Waals surface area contributed by atoms with Crippen molar-refractivity contribution in [1.29, 1.82) is 0 Å². The molecular weight excluding hydrogens is 299 g/mol. The Morgan fingerprint density at radius 3 is 2.48 bits per heavy atom. The Labute approximate surface area is 125 Å². The summed E-state index contributed by atoms with van der Waals surface area (Å²) in [5, 5.41) is 3.12. The van der Waals surface area contributed by atoms with Gasteiger partial charge in [-0.1, -0.05) is 19.1 Å². The van der Waals surface area contributed by atoms with E-state index in [0.717, 1.165) is 29.7 Å². The van der Waals surface area contributed by atoms with Crippen LogP contribution in [0.2, 0.25) is 0 Å². The number of benzene rings is 1. The zero-order valence-electron chi connectivity index (χ0n) is 11.5. The van der Waals surface area contributed by atoms with Crippen LogP contribution in [0.25, 0.3) is 0 Å². The van der Waals surface area contributed by atoms with Crippen molar-refractivity contribution in [3.05, 3.63) is 47.9 Å². The summed E-state index contributed by atoms with van der Waals surface area (Å²) in [6.45, 7) is 2.45. The summed E-state index contributed by atoms with van der Waals surface area (Å²) in [7, 11) is 0. The van der Waals surface area contributed by atoms with Gasteiger partial charge in [-0.15, -0.1) is 11.8 Å². The van der Waals surface area contributed by atoms with Gasteiger partial charge < -0.3 is 9.73 Å². The third-order valence-electron chi connectivity index (χ3n) is 2.80. The van der Waals surface area contributed by atoms with E-state index in [4.69, 9.17) is 4.42 Å². The first-order valence-corrected chi connectivity index (χ1v) is 7.56. The van der Waals surface area contributed by atoms with Gasteiger partial charge in [0.2, 0.25) is 0 Å². The van der Waals surface area contributed by atoms with Crippen LogP contribution in [0.5, 0.6) is 0 Å². The number of nitrogens with one attached hydrogen (secondary N) is 1. The first kappa shape index (κ1) is 15.8. The molecule has 0 spiro atoms. The fraction of sp³-hybridized carbons (Fsp3) is 0.333. The van der Waals surface area contributed by atoms with E-state index < -0.39 is 11.9 Å². The molecule has 0 fully saturated rings. The Morgan fingerprint density at radius 1 is 1.10 bits per heavy atom. The molecule has 0 bridgehead atoms. The maximum atomic E-state index is 12.3. The number of hydrogen-bond acceptors (Lipinski definition) is 3. The Balaban J connectivity index is 1.99. The molecule has 2 rings (SSSR count). The summed E-state index contributed by atoms with van der Waals surface area (Å²) in [6.07, 6.45) is -3.35. The molecule has 0 amide bonds. The molecule has 2 nitrogen and oxygen atoms in total. The number of hydrogen-bond donors (Lipinski definition) is 1. The van der Waals surface area contributed by atoms with Gasteiger partial charge in [0.15, 0.2) is 0 Å². The third-order valence-corrected chi connectivity index (χ3v) is 3.94. The molecule has 1 N–H and O–H groups in total. The number of rotatable bonds is 6. The van der Waals surface area contributed by atoms with E-state index in [-0.39, 0.29) is 0 Å². The molecule has 0 saturated carbocycles. The number of aryl methyl sites for hydroxylation is 1. The average molecular weight is 315 g/mol. The minimum Gasteiger partial charge on any atom is -0.464 e. The van der Waals surface area contributed by atoms with Crippen LogP contribution in [-0.4, -0.2) is 11.9 Å². The van der Waals surface area contributed by atoms with E-state index in [0.29, 0.717) is 17.1 Å². The van der Waals surface area contributed by atoms with E-state index >= 15 is 0 Å². The Hall–Kier alpha value is -1.56. The lowest BCUT2D eigenvalue weighted by Gasteiger charge is -2.12. The van der Waals surface area contributed by atoms with Gasteiger partial charge in [-0.3, -0.25) is 0 Å². The molecule has 114 valence electrons. The van der Waals surface area contributed by atoms with Crippen molar-refractivity contribution >= 4 is 17.4 Å². The fourth-order valence-electron chi connectivity index (χ4n) is 1.79. The second-order valence-electron chi connectivity index (χ2n) is 4.48. The van der Waals surface area contributed by atoms with Gasteiger partial charge >= 0.3 is 6.18 Å². The van der Waals surface area contributed by atoms with Gasteiger partial charge in [0.1, 0.15) is 11.5 Å². The molecule has 0 saturated heterocycles. The standard InChI is InChI=1S/C15H16F3NOS/c1-2-11-7-8-12(20-11)9-19-13-5-3-4-6-14(13)21-10-15(16,17)18/h3-8,19H,2,9-10H2,1H3. The predicted molar refractivity (Wildman–Crippen MR) is 78.6 cm³/mol. The quantitative estimate of drug-likeness (QED) is 0.750. The Kier molecular flexibility index (Phi) is 5.22. The lowest BCUT2D eigenvalue weighted by Crippen LogP contribution is -2.11. The molecule has 6 heteroatoms. The van der Waals surface area contributed by atoms with Crippen molar-refractivity contribution in [3.63, 3.8) is 0 Å². The molecule has 0 radical (unpaired) electrons. The van der Waals surface area contributed by atoms with Crippen LogP contribution in [0, 0.1) is 0 Å². The van der Waals surface area contributed by atoms with Crippen LogP contribution in [0.1, 0.15) is 18.4 Å². The Morgan fingerprint density at radius 2 is 1.81 bits per heavy atom. The fourth-order valence-corrected chi connectivity index (χ4v) is 2.58. The second kappa shape index (κ2) is 6.93. The molecule has 1 heterocycles. The average Bonchev–Trinajstić information content (AvgIpc) is 2.91. The van der Waals surface area contributed by atoms with E-state index in [1.165, 1.54) is 0 Å². The van der Waals surface area contributed by atoms with Crippen molar-refractivity contribution in [2.24, 2.45) is 0 Å². The zero-order valence-corrected chi connectivity index (χ0v) is 12.4. The highest BCUT2D eigenvalue weighted by Crippen LogP contribution is 2.32. The van der Waals surface area contributed by atoms with Gasteiger partial charge in [-0.05, 0) is 24.3 Å². The molecule has 0 unspecified atom stereocenters. The first-order valence-electron chi connectivity index (χ1n) is 6.58. The number of para-hydroxylation sites is 1. The summed E-state index contributed by atoms with van der Waals surface area (Å²) >= 11 is 0.781. The third kappa shape index (κ3) is 5.04. The molecule has 21 heavy (non-hydrogen) atoms. The van der Waals surface area contributed by atoms with Crippen LogP contribution in [-0.2, 0) is 13.0 Å². The zero-order chi connectivity index (χ0) is 15.3. The molecule has 0 aliphatic rings. The van der Waals surface area contributed by atoms with Crippen LogP contribution >= 0.6 is 11.8 Å². The molecule has 0 aliphatic heterocycles. The van der Waals surface area contributed by atoms with Crippen molar-refractivity contribution < 1.29 is 17.6 Å². The molecule has 0 atom stereocenters. The second-order valence-corrected chi connectivity index (χ2v) is 5.49. The van der Waals surface area contributed by atoms with Crippen LogP contribution in [0.15, 0.2) is 45.7 Å². The number of thioether (sulfide) groups is 1. The number of halogens is 3. The van der Waals surface area contributed by atoms with E-state index in [2.05, 4.69) is 5.32 Å². The number of anilines is 1. The highest BCUT2D eigenvalue weighted by Gasteiger charge is 2.27. The monoisotopic (exact) mass is 315 g/mol. The van der Waals surface area contributed by atoms with Gasteiger partial charge in [-0.25, -0.2) is 0 Å². The summed E-state index contributed by atoms with van der Waals surface area (Å²) in [5.41, 5.74) is 0.682. The Bertz CT molecular complexity index is 580. The van der Waals surface area contributed by atoms with E-state index in [1.54, 1.807) is 24.3 Å². The minimum absolute atomic E-state index is 0.448.